The molecule has 0 aliphatic heterocycles. The topological polar surface area (TPSA) is 126 Å². The van der Waals surface area contributed by atoms with Gasteiger partial charge < -0.3 is 23.9 Å². The van der Waals surface area contributed by atoms with Crippen LogP contribution in [-0.2, 0) is 22.8 Å². The first-order valence-corrected chi connectivity index (χ1v) is 19.7. The van der Waals surface area contributed by atoms with Crippen molar-refractivity contribution in [3.05, 3.63) is 182 Å². The number of rotatable bonds is 15. The van der Waals surface area contributed by atoms with Crippen LogP contribution in [0.3, 0.4) is 0 Å². The van der Waals surface area contributed by atoms with E-state index in [1.54, 1.807) is 66.9 Å². The van der Waals surface area contributed by atoms with Crippen LogP contribution in [-0.4, -0.2) is 34.3 Å². The maximum Gasteiger partial charge on any atom is 0.258 e. The van der Waals surface area contributed by atoms with Crippen LogP contribution in [0.1, 0.15) is 36.8 Å². The van der Waals surface area contributed by atoms with Crippen LogP contribution in [0.5, 0.6) is 23.0 Å². The number of pyridine rings is 2. The molecule has 0 saturated heterocycles. The Hall–Kier alpha value is -6.34. The normalized spacial score (nSPS) is 12.8. The number of benzene rings is 4. The number of Topliss-reactive ketones (excluding diaryl/α,β-unsaturated/α-hetero) is 2. The van der Waals surface area contributed by atoms with Crippen LogP contribution in [0.15, 0.2) is 148 Å². The second-order valence-corrected chi connectivity index (χ2v) is 14.7. The predicted octanol–water partition coefficient (Wildman–Crippen LogP) is 8.81. The minimum Gasteiger partial charge on any atom is -0.489 e. The molecule has 6 aromatic rings. The number of ketones is 2. The fraction of sp³-hybridized carbons (Fsp3) is 0.217. The first-order chi connectivity index (χ1) is 28.6. The van der Waals surface area contributed by atoms with E-state index in [0.717, 1.165) is 47.0 Å². The molecule has 2 aromatic heterocycles. The molecular formula is C46H41BrF2N2O8. The van der Waals surface area contributed by atoms with Crippen molar-refractivity contribution in [3.63, 3.8) is 0 Å². The lowest BCUT2D eigenvalue weighted by molar-refractivity contribution is -0.122. The lowest BCUT2D eigenvalue weighted by Crippen LogP contribution is -2.17. The highest BCUT2D eigenvalue weighted by Crippen LogP contribution is 2.31. The molecule has 2 aliphatic rings. The molecule has 1 N–H and O–H groups in total. The SMILES string of the molecule is O=C(COc1ccc(-n2ccc(OCc3ccc(F)cc3)cc2=O)cc1)C1CC1.O=C(COc1ccc(Br)cc1)C1CC1.O=c1cc(OCc2ccc(F)cc2)cc[nH]1. The number of ether oxygens (including phenoxy) is 4. The van der Waals surface area contributed by atoms with Gasteiger partial charge in [0.1, 0.15) is 61.1 Å². The highest BCUT2D eigenvalue weighted by Gasteiger charge is 2.30. The Kier molecular flexibility index (Phi) is 15.0. The summed E-state index contributed by atoms with van der Waals surface area (Å²) in [5.41, 5.74) is 1.89. The summed E-state index contributed by atoms with van der Waals surface area (Å²) in [5.74, 6) is 2.53. The highest BCUT2D eigenvalue weighted by atomic mass is 79.9. The van der Waals surface area contributed by atoms with E-state index in [0.29, 0.717) is 29.5 Å². The van der Waals surface area contributed by atoms with Crippen LogP contribution in [0.2, 0.25) is 0 Å². The summed E-state index contributed by atoms with van der Waals surface area (Å²) in [6.45, 7) is 0.857. The molecule has 59 heavy (non-hydrogen) atoms. The van der Waals surface area contributed by atoms with Crippen molar-refractivity contribution in [1.29, 1.82) is 0 Å². The minimum atomic E-state index is -0.303. The van der Waals surface area contributed by atoms with E-state index >= 15 is 0 Å². The van der Waals surface area contributed by atoms with Crippen LogP contribution >= 0.6 is 15.9 Å². The number of carbonyl (C=O) groups excluding carboxylic acids is 2. The van der Waals surface area contributed by atoms with E-state index in [1.165, 1.54) is 47.2 Å². The van der Waals surface area contributed by atoms with Gasteiger partial charge in [0.2, 0.25) is 0 Å². The third kappa shape index (κ3) is 14.2. The molecule has 304 valence electrons. The molecule has 13 heteroatoms. The summed E-state index contributed by atoms with van der Waals surface area (Å²) >= 11 is 3.34. The summed E-state index contributed by atoms with van der Waals surface area (Å²) in [4.78, 5) is 48.9. The second kappa shape index (κ2) is 20.9. The average molecular weight is 868 g/mol. The number of hydrogen-bond acceptors (Lipinski definition) is 8. The highest BCUT2D eigenvalue weighted by molar-refractivity contribution is 9.10. The van der Waals surface area contributed by atoms with Crippen LogP contribution in [0.4, 0.5) is 8.78 Å². The number of H-pyrrole nitrogens is 1. The molecule has 4 aromatic carbocycles. The van der Waals surface area contributed by atoms with E-state index in [1.807, 2.05) is 24.3 Å². The van der Waals surface area contributed by atoms with Gasteiger partial charge in [0, 0.05) is 46.5 Å². The predicted molar refractivity (Wildman–Crippen MR) is 221 cm³/mol. The van der Waals surface area contributed by atoms with Gasteiger partial charge >= 0.3 is 0 Å². The summed E-state index contributed by atoms with van der Waals surface area (Å²) in [6.07, 6.45) is 7.17. The van der Waals surface area contributed by atoms with Crippen molar-refractivity contribution in [2.75, 3.05) is 13.2 Å². The fourth-order valence-electron chi connectivity index (χ4n) is 5.36. The monoisotopic (exact) mass is 866 g/mol. The van der Waals surface area contributed by atoms with Gasteiger partial charge in [-0.2, -0.15) is 0 Å². The number of carbonyl (C=O) groups is 2. The molecule has 2 saturated carbocycles. The van der Waals surface area contributed by atoms with Crippen molar-refractivity contribution in [1.82, 2.24) is 9.55 Å². The molecule has 0 spiro atoms. The van der Waals surface area contributed by atoms with Gasteiger partial charge in [-0.1, -0.05) is 40.2 Å². The molecule has 0 radical (unpaired) electrons. The summed E-state index contributed by atoms with van der Waals surface area (Å²) in [5, 5.41) is 0. The largest absolute Gasteiger partial charge is 0.489 e. The Morgan fingerprint density at radius 3 is 1.53 bits per heavy atom. The maximum atomic E-state index is 12.9. The Bertz CT molecular complexity index is 2410. The fourth-order valence-corrected chi connectivity index (χ4v) is 5.63. The first-order valence-electron chi connectivity index (χ1n) is 18.9. The van der Waals surface area contributed by atoms with Crippen molar-refractivity contribution >= 4 is 27.5 Å². The summed E-state index contributed by atoms with van der Waals surface area (Å²) in [6, 6.07) is 32.7. The lowest BCUT2D eigenvalue weighted by atomic mass is 10.2. The molecule has 2 aliphatic carbocycles. The molecule has 0 atom stereocenters. The second-order valence-electron chi connectivity index (χ2n) is 13.8. The standard InChI is InChI=1S/C23H20FNO4.C12H10FNO2.C11H11BrO2/c24-18-5-1-16(2-6-18)14-28-21-11-12-25(23(27)13-21)19-7-9-20(10-8-19)29-15-22(26)17-3-4-17;13-10-3-1-9(2-4-10)8-16-11-5-6-14-12(15)7-11;12-9-3-5-10(6-4-9)14-7-11(13)8-1-2-8/h1-2,5-13,17H,3-4,14-15H2;1-7H,8H2,(H,14,15);3-6,8H,1-2,7H2. The lowest BCUT2D eigenvalue weighted by Gasteiger charge is -2.10. The van der Waals surface area contributed by atoms with Crippen molar-refractivity contribution < 1.29 is 37.3 Å². The third-order valence-corrected chi connectivity index (χ3v) is 9.56. The van der Waals surface area contributed by atoms with Gasteiger partial charge in [0.25, 0.3) is 11.1 Å². The van der Waals surface area contributed by atoms with Crippen molar-refractivity contribution in [2.45, 2.75) is 38.9 Å². The molecule has 0 amide bonds. The van der Waals surface area contributed by atoms with E-state index in [2.05, 4.69) is 20.9 Å². The van der Waals surface area contributed by atoms with Gasteiger partial charge in [-0.15, -0.1) is 0 Å². The summed E-state index contributed by atoms with van der Waals surface area (Å²) in [7, 11) is 0. The molecule has 2 fully saturated rings. The van der Waals surface area contributed by atoms with Gasteiger partial charge in [-0.25, -0.2) is 8.78 Å². The zero-order chi connectivity index (χ0) is 41.6. The number of nitrogens with zero attached hydrogens (tertiary/aromatic N) is 1. The number of halogens is 3. The number of nitrogens with one attached hydrogen (secondary N) is 1. The quantitative estimate of drug-likeness (QED) is 0.109. The van der Waals surface area contributed by atoms with Crippen LogP contribution < -0.4 is 30.1 Å². The van der Waals surface area contributed by atoms with Crippen molar-refractivity contribution in [3.8, 4) is 28.7 Å². The van der Waals surface area contributed by atoms with Crippen molar-refractivity contribution in [2.24, 2.45) is 11.8 Å². The summed E-state index contributed by atoms with van der Waals surface area (Å²) < 4.78 is 49.9. The Morgan fingerprint density at radius 1 is 0.593 bits per heavy atom. The third-order valence-electron chi connectivity index (χ3n) is 9.03. The number of aromatic amines is 1. The van der Waals surface area contributed by atoms with E-state index in [-0.39, 0.29) is 66.0 Å². The van der Waals surface area contributed by atoms with E-state index in [9.17, 15) is 28.0 Å². The molecule has 0 unspecified atom stereocenters. The Labute approximate surface area is 347 Å². The Morgan fingerprint density at radius 2 is 1.07 bits per heavy atom. The van der Waals surface area contributed by atoms with E-state index < -0.39 is 0 Å². The minimum absolute atomic E-state index is 0.0874. The maximum absolute atomic E-state index is 12.9. The number of hydrogen-bond donors (Lipinski definition) is 1. The van der Waals surface area contributed by atoms with Crippen LogP contribution in [0.25, 0.3) is 5.69 Å². The molecule has 8 rings (SSSR count). The Balaban J connectivity index is 0.000000164. The smallest absolute Gasteiger partial charge is 0.258 e. The van der Waals surface area contributed by atoms with Gasteiger partial charge in [0.05, 0.1) is 0 Å². The zero-order valence-corrected chi connectivity index (χ0v) is 33.4. The molecular weight excluding hydrogens is 826 g/mol. The van der Waals surface area contributed by atoms with Gasteiger partial charge in [-0.3, -0.25) is 23.7 Å². The van der Waals surface area contributed by atoms with E-state index in [4.69, 9.17) is 18.9 Å². The zero-order valence-electron chi connectivity index (χ0n) is 31.9. The molecule has 2 heterocycles. The average Bonchev–Trinajstić information content (AvgIpc) is 4.18. The molecule has 0 bridgehead atoms. The van der Waals surface area contributed by atoms with Gasteiger partial charge in [0.15, 0.2) is 11.6 Å². The van der Waals surface area contributed by atoms with Gasteiger partial charge in [-0.05, 0) is 122 Å². The molecule has 10 nitrogen and oxygen atoms in total. The van der Waals surface area contributed by atoms with Crippen LogP contribution in [0, 0.1) is 23.5 Å². The number of aromatic nitrogens is 2. The first kappa shape index (κ1) is 42.3.